The molecule has 0 bridgehead atoms. The molecule has 0 saturated carbocycles. The fraction of sp³-hybridized carbons (Fsp3) is 0.500. The molecule has 0 aromatic carbocycles. The second-order valence-electron chi connectivity index (χ2n) is 5.10. The van der Waals surface area contributed by atoms with E-state index in [0.29, 0.717) is 5.00 Å². The number of allylic oxidation sites excluding steroid dienone is 1. The van der Waals surface area contributed by atoms with Crippen molar-refractivity contribution in [3.63, 3.8) is 0 Å². The van der Waals surface area contributed by atoms with E-state index in [4.69, 9.17) is 11.6 Å². The molecule has 1 aromatic rings. The number of thiazole rings is 1. The number of rotatable bonds is 5. The maximum atomic E-state index is 12.2. The number of aromatic nitrogens is 1. The number of hydrogen-bond acceptors (Lipinski definition) is 5. The van der Waals surface area contributed by atoms with Crippen LogP contribution in [0.25, 0.3) is 5.57 Å². The van der Waals surface area contributed by atoms with Gasteiger partial charge in [-0.15, -0.1) is 0 Å². The highest BCUT2D eigenvalue weighted by atomic mass is 35.5. The molecule has 1 aromatic heterocycles. The smallest absolute Gasteiger partial charge is 0.232 e. The van der Waals surface area contributed by atoms with Crippen LogP contribution in [0.5, 0.6) is 0 Å². The number of nitrogens with zero attached hydrogens (tertiary/aromatic N) is 2. The normalized spacial score (nSPS) is 18.5. The van der Waals surface area contributed by atoms with Gasteiger partial charge in [0, 0.05) is 18.3 Å². The topological polar surface area (TPSA) is 77.4 Å². The lowest BCUT2D eigenvalue weighted by Crippen LogP contribution is -2.33. The largest absolute Gasteiger partial charge is 0.616 e. The highest BCUT2D eigenvalue weighted by Gasteiger charge is 2.28. The van der Waals surface area contributed by atoms with Gasteiger partial charge in [-0.3, -0.25) is 9.79 Å². The zero-order valence-electron chi connectivity index (χ0n) is 12.6. The highest BCUT2D eigenvalue weighted by Crippen LogP contribution is 2.33. The Hall–Kier alpha value is -0.890. The van der Waals surface area contributed by atoms with E-state index in [9.17, 15) is 9.35 Å². The molecule has 1 aliphatic rings. The summed E-state index contributed by atoms with van der Waals surface area (Å²) in [4.78, 5) is 20.7. The summed E-state index contributed by atoms with van der Waals surface area (Å²) in [7, 11) is 0. The van der Waals surface area contributed by atoms with Gasteiger partial charge in [0.1, 0.15) is 15.3 Å². The quantitative estimate of drug-likeness (QED) is 0.821. The molecule has 1 amide bonds. The zero-order chi connectivity index (χ0) is 16.3. The van der Waals surface area contributed by atoms with Gasteiger partial charge < -0.3 is 9.87 Å². The lowest BCUT2D eigenvalue weighted by molar-refractivity contribution is -0.119. The van der Waals surface area contributed by atoms with E-state index in [0.717, 1.165) is 23.5 Å². The number of aliphatic imine (C=N–C) groups is 1. The number of carbonyl (C=O) groups excluding carboxylic acids is 1. The molecule has 0 aliphatic carbocycles. The number of halogens is 1. The Balaban J connectivity index is 2.10. The van der Waals surface area contributed by atoms with E-state index >= 15 is 0 Å². The monoisotopic (exact) mass is 359 g/mol. The number of anilines is 1. The van der Waals surface area contributed by atoms with Crippen LogP contribution in [-0.2, 0) is 16.0 Å². The molecule has 1 aliphatic heterocycles. The third-order valence-electron chi connectivity index (χ3n) is 3.56. The van der Waals surface area contributed by atoms with Gasteiger partial charge >= 0.3 is 0 Å². The molecule has 0 fully saturated rings. The lowest BCUT2D eigenvalue weighted by atomic mass is 10.1. The van der Waals surface area contributed by atoms with Crippen molar-refractivity contribution >= 4 is 56.8 Å². The van der Waals surface area contributed by atoms with Crippen LogP contribution in [0.1, 0.15) is 25.3 Å². The van der Waals surface area contributed by atoms with Gasteiger partial charge in [0.05, 0.1) is 12.2 Å². The Morgan fingerprint density at radius 1 is 1.55 bits per heavy atom. The molecule has 3 unspecified atom stereocenters. The Bertz CT molecular complexity index is 613. The Morgan fingerprint density at radius 2 is 2.27 bits per heavy atom. The molecule has 22 heavy (non-hydrogen) atoms. The Labute approximate surface area is 142 Å². The van der Waals surface area contributed by atoms with Crippen molar-refractivity contribution in [2.75, 3.05) is 18.1 Å². The maximum absolute atomic E-state index is 12.2. The van der Waals surface area contributed by atoms with Crippen molar-refractivity contribution in [2.24, 2.45) is 10.9 Å². The summed E-state index contributed by atoms with van der Waals surface area (Å²) in [5.41, 5.74) is 0.926. The van der Waals surface area contributed by atoms with Crippen LogP contribution >= 0.6 is 22.9 Å². The van der Waals surface area contributed by atoms with Crippen LogP contribution in [0.4, 0.5) is 5.00 Å². The first-order valence-corrected chi connectivity index (χ1v) is 9.71. The summed E-state index contributed by atoms with van der Waals surface area (Å²) < 4.78 is 11.5. The van der Waals surface area contributed by atoms with Crippen LogP contribution in [0.15, 0.2) is 11.1 Å². The summed E-state index contributed by atoms with van der Waals surface area (Å²) in [6, 6.07) is 0. The van der Waals surface area contributed by atoms with Crippen LogP contribution in [0.3, 0.4) is 0 Å². The number of dihydropyridines is 1. The molecule has 0 radical (unpaired) electrons. The second kappa shape index (κ2) is 7.59. The molecule has 0 spiro atoms. The average Bonchev–Trinajstić information content (AvgIpc) is 2.87. The van der Waals surface area contributed by atoms with Crippen molar-refractivity contribution in [1.82, 2.24) is 4.98 Å². The predicted octanol–water partition coefficient (Wildman–Crippen LogP) is 3.00. The summed E-state index contributed by atoms with van der Waals surface area (Å²) >= 11 is 6.37. The molecule has 3 atom stereocenters. The lowest BCUT2D eigenvalue weighted by Gasteiger charge is -2.19. The van der Waals surface area contributed by atoms with Crippen LogP contribution in [0.2, 0.25) is 5.15 Å². The number of hydrogen-bond donors (Lipinski definition) is 1. The first-order chi connectivity index (χ1) is 10.4. The minimum atomic E-state index is -1.06. The average molecular weight is 360 g/mol. The fourth-order valence-electron chi connectivity index (χ4n) is 1.88. The molecule has 1 N–H and O–H groups in total. The maximum Gasteiger partial charge on any atom is 0.232 e. The summed E-state index contributed by atoms with van der Waals surface area (Å²) in [5.74, 6) is -0.575. The molecule has 120 valence electrons. The third-order valence-corrected chi connectivity index (χ3v) is 6.42. The molecular weight excluding hydrogens is 342 g/mol. The predicted molar refractivity (Wildman–Crippen MR) is 94.4 cm³/mol. The van der Waals surface area contributed by atoms with Crippen LogP contribution in [-0.4, -0.2) is 39.7 Å². The van der Waals surface area contributed by atoms with E-state index in [1.54, 1.807) is 26.3 Å². The van der Waals surface area contributed by atoms with Crippen molar-refractivity contribution in [2.45, 2.75) is 25.5 Å². The van der Waals surface area contributed by atoms with Gasteiger partial charge in [-0.05, 0) is 20.3 Å². The van der Waals surface area contributed by atoms with Crippen molar-refractivity contribution in [3.8, 4) is 0 Å². The van der Waals surface area contributed by atoms with Crippen molar-refractivity contribution in [3.05, 3.63) is 16.2 Å². The standard InChI is InChI=1S/C14H18ClN3O2S2/c1-8(9(2)22(3)20)12(19)18-14-11(15)17-13(21-14)10-5-4-6-16-7-10/h5,7-9H,4,6H2,1-3H3,(H,18,19). The Kier molecular flexibility index (Phi) is 6.02. The summed E-state index contributed by atoms with van der Waals surface area (Å²) in [6.45, 7) is 4.34. The van der Waals surface area contributed by atoms with Crippen molar-refractivity contribution < 1.29 is 9.35 Å². The second-order valence-corrected chi connectivity index (χ2v) is 8.20. The Morgan fingerprint density at radius 3 is 2.86 bits per heavy atom. The third kappa shape index (κ3) is 4.10. The fourth-order valence-corrected chi connectivity index (χ4v) is 3.74. The molecule has 2 heterocycles. The van der Waals surface area contributed by atoms with Gasteiger partial charge in [-0.2, -0.15) is 0 Å². The molecule has 0 saturated heterocycles. The highest BCUT2D eigenvalue weighted by molar-refractivity contribution is 7.91. The minimum Gasteiger partial charge on any atom is -0.616 e. The molecule has 2 rings (SSSR count). The molecule has 8 heteroatoms. The van der Waals surface area contributed by atoms with Crippen LogP contribution < -0.4 is 5.32 Å². The van der Waals surface area contributed by atoms with E-state index in [2.05, 4.69) is 21.4 Å². The van der Waals surface area contributed by atoms with E-state index in [1.165, 1.54) is 11.3 Å². The summed E-state index contributed by atoms with van der Waals surface area (Å²) in [6.07, 6.45) is 6.30. The molecular formula is C14H18ClN3O2S2. The minimum absolute atomic E-state index is 0.203. The van der Waals surface area contributed by atoms with Gasteiger partial charge in [-0.1, -0.05) is 40.2 Å². The zero-order valence-corrected chi connectivity index (χ0v) is 15.0. The van der Waals surface area contributed by atoms with Gasteiger partial charge in [0.2, 0.25) is 5.91 Å². The number of nitrogens with one attached hydrogen (secondary N) is 1. The molecule has 5 nitrogen and oxygen atoms in total. The van der Waals surface area contributed by atoms with E-state index < -0.39 is 11.2 Å². The van der Waals surface area contributed by atoms with Crippen LogP contribution in [0, 0.1) is 5.92 Å². The number of amides is 1. The van der Waals surface area contributed by atoms with Gasteiger partial charge in [-0.25, -0.2) is 4.98 Å². The first kappa shape index (κ1) is 17.5. The summed E-state index contributed by atoms with van der Waals surface area (Å²) in [5, 5.41) is 4.09. The van der Waals surface area contributed by atoms with E-state index in [1.807, 2.05) is 0 Å². The van der Waals surface area contributed by atoms with E-state index in [-0.39, 0.29) is 22.2 Å². The SMILES string of the molecule is CC(C(=O)Nc1sc(C2=CCCN=C2)nc1Cl)C(C)[S+](C)[O-]. The van der Waals surface area contributed by atoms with Gasteiger partial charge in [0.15, 0.2) is 5.15 Å². The number of carbonyl (C=O) groups is 1. The van der Waals surface area contributed by atoms with Crippen molar-refractivity contribution in [1.29, 1.82) is 0 Å². The van der Waals surface area contributed by atoms with Gasteiger partial charge in [0.25, 0.3) is 0 Å². The first-order valence-electron chi connectivity index (χ1n) is 6.90.